The second kappa shape index (κ2) is 9.37. The van der Waals surface area contributed by atoms with Crippen molar-refractivity contribution in [2.45, 2.75) is 25.6 Å². The zero-order chi connectivity index (χ0) is 21.6. The molecule has 29 heavy (non-hydrogen) atoms. The van der Waals surface area contributed by atoms with Gasteiger partial charge in [-0.15, -0.1) is 0 Å². The van der Waals surface area contributed by atoms with Gasteiger partial charge in [-0.3, -0.25) is 19.7 Å². The molecule has 0 heterocycles. The van der Waals surface area contributed by atoms with Crippen LogP contribution in [0.3, 0.4) is 0 Å². The number of rotatable bonds is 7. The van der Waals surface area contributed by atoms with Crippen LogP contribution in [0.25, 0.3) is 0 Å². The Hall–Kier alpha value is -3.14. The molecule has 2 rings (SSSR count). The predicted octanol–water partition coefficient (Wildman–Crippen LogP) is 4.73. The standard InChI is InChI=1S/C18H14ClF3N2O5/c19-14-5-4-12(18(20,21)22)9-15(14)23-16(25)6-7-17(26)29-10-11-2-1-3-13(8-11)24(27)28/h1-5,8-9H,6-7,10H2,(H,23,25). The maximum Gasteiger partial charge on any atom is 0.416 e. The predicted molar refractivity (Wildman–Crippen MR) is 97.2 cm³/mol. The molecule has 0 radical (unpaired) electrons. The van der Waals surface area contributed by atoms with Gasteiger partial charge in [0.2, 0.25) is 5.91 Å². The number of hydrogen-bond acceptors (Lipinski definition) is 5. The van der Waals surface area contributed by atoms with E-state index in [0.29, 0.717) is 11.6 Å². The molecule has 0 unspecified atom stereocenters. The zero-order valence-electron chi connectivity index (χ0n) is 14.7. The van der Waals surface area contributed by atoms with E-state index in [1.54, 1.807) is 0 Å². The fraction of sp³-hybridized carbons (Fsp3) is 0.222. The normalized spacial score (nSPS) is 11.0. The number of hydrogen-bond donors (Lipinski definition) is 1. The molecule has 154 valence electrons. The highest BCUT2D eigenvalue weighted by molar-refractivity contribution is 6.33. The minimum Gasteiger partial charge on any atom is -0.461 e. The molecular formula is C18H14ClF3N2O5. The molecule has 0 saturated heterocycles. The van der Waals surface area contributed by atoms with Gasteiger partial charge in [0, 0.05) is 18.6 Å². The van der Waals surface area contributed by atoms with Crippen LogP contribution in [0.4, 0.5) is 24.5 Å². The largest absolute Gasteiger partial charge is 0.461 e. The highest BCUT2D eigenvalue weighted by Crippen LogP contribution is 2.33. The van der Waals surface area contributed by atoms with Crippen LogP contribution in [0.2, 0.25) is 5.02 Å². The van der Waals surface area contributed by atoms with Gasteiger partial charge in [-0.1, -0.05) is 23.7 Å². The van der Waals surface area contributed by atoms with Crippen molar-refractivity contribution in [2.24, 2.45) is 0 Å². The number of benzene rings is 2. The summed E-state index contributed by atoms with van der Waals surface area (Å²) in [5.41, 5.74) is -0.964. The van der Waals surface area contributed by atoms with Crippen LogP contribution < -0.4 is 5.32 Å². The van der Waals surface area contributed by atoms with E-state index >= 15 is 0 Å². The van der Waals surface area contributed by atoms with Gasteiger partial charge in [0.15, 0.2) is 0 Å². The SMILES string of the molecule is O=C(CCC(=O)OCc1cccc([N+](=O)[O-])c1)Nc1cc(C(F)(F)F)ccc1Cl. The smallest absolute Gasteiger partial charge is 0.416 e. The summed E-state index contributed by atoms with van der Waals surface area (Å²) in [5.74, 6) is -1.47. The summed E-state index contributed by atoms with van der Waals surface area (Å²) in [7, 11) is 0. The lowest BCUT2D eigenvalue weighted by Crippen LogP contribution is -2.15. The molecule has 0 aliphatic carbocycles. The summed E-state index contributed by atoms with van der Waals surface area (Å²) in [6.07, 6.45) is -5.28. The Morgan fingerprint density at radius 1 is 1.14 bits per heavy atom. The maximum atomic E-state index is 12.7. The second-order valence-electron chi connectivity index (χ2n) is 5.83. The number of nitro groups is 1. The van der Waals surface area contributed by atoms with Crippen LogP contribution in [0.1, 0.15) is 24.0 Å². The second-order valence-corrected chi connectivity index (χ2v) is 6.24. The van der Waals surface area contributed by atoms with Crippen LogP contribution in [-0.2, 0) is 27.1 Å². The Labute approximate surface area is 167 Å². The third-order valence-corrected chi connectivity index (χ3v) is 3.97. The van der Waals surface area contributed by atoms with Crippen molar-refractivity contribution in [3.8, 4) is 0 Å². The highest BCUT2D eigenvalue weighted by Gasteiger charge is 2.31. The van der Waals surface area contributed by atoms with E-state index in [1.807, 2.05) is 0 Å². The Morgan fingerprint density at radius 3 is 2.52 bits per heavy atom. The van der Waals surface area contributed by atoms with Crippen LogP contribution in [0.5, 0.6) is 0 Å². The first kappa shape index (κ1) is 22.2. The first-order chi connectivity index (χ1) is 13.6. The number of ether oxygens (including phenoxy) is 1. The number of amides is 1. The minimum absolute atomic E-state index is 0.0837. The number of halogens is 4. The molecule has 2 aromatic carbocycles. The third kappa shape index (κ3) is 6.75. The molecule has 0 saturated carbocycles. The number of esters is 1. The fourth-order valence-electron chi connectivity index (χ4n) is 2.22. The molecule has 1 N–H and O–H groups in total. The number of anilines is 1. The Morgan fingerprint density at radius 2 is 1.86 bits per heavy atom. The Bertz CT molecular complexity index is 934. The Balaban J connectivity index is 1.85. The number of nitrogens with zero attached hydrogens (tertiary/aromatic N) is 1. The molecule has 0 aliphatic heterocycles. The fourth-order valence-corrected chi connectivity index (χ4v) is 2.39. The van der Waals surface area contributed by atoms with Crippen molar-refractivity contribution in [2.75, 3.05) is 5.32 Å². The molecule has 0 atom stereocenters. The van der Waals surface area contributed by atoms with E-state index in [2.05, 4.69) is 5.32 Å². The lowest BCUT2D eigenvalue weighted by atomic mass is 10.2. The molecule has 0 aromatic heterocycles. The van der Waals surface area contributed by atoms with E-state index in [9.17, 15) is 32.9 Å². The molecule has 7 nitrogen and oxygen atoms in total. The van der Waals surface area contributed by atoms with Gasteiger partial charge in [0.1, 0.15) is 6.61 Å². The van der Waals surface area contributed by atoms with Gasteiger partial charge < -0.3 is 10.1 Å². The average molecular weight is 431 g/mol. The van der Waals surface area contributed by atoms with Gasteiger partial charge in [0.25, 0.3) is 5.69 Å². The van der Waals surface area contributed by atoms with Crippen molar-refractivity contribution in [1.29, 1.82) is 0 Å². The highest BCUT2D eigenvalue weighted by atomic mass is 35.5. The maximum absolute atomic E-state index is 12.7. The van der Waals surface area contributed by atoms with E-state index in [0.717, 1.165) is 12.1 Å². The zero-order valence-corrected chi connectivity index (χ0v) is 15.4. The first-order valence-electron chi connectivity index (χ1n) is 8.12. The molecule has 0 bridgehead atoms. The van der Waals surface area contributed by atoms with Gasteiger partial charge in [-0.25, -0.2) is 0 Å². The van der Waals surface area contributed by atoms with Crippen LogP contribution >= 0.6 is 11.6 Å². The lowest BCUT2D eigenvalue weighted by molar-refractivity contribution is -0.384. The Kier molecular flexibility index (Phi) is 7.16. The summed E-state index contributed by atoms with van der Waals surface area (Å²) < 4.78 is 43.1. The van der Waals surface area contributed by atoms with Crippen molar-refractivity contribution in [3.63, 3.8) is 0 Å². The topological polar surface area (TPSA) is 98.5 Å². The number of alkyl halides is 3. The monoisotopic (exact) mass is 430 g/mol. The van der Waals surface area contributed by atoms with E-state index < -0.39 is 28.5 Å². The average Bonchev–Trinajstić information content (AvgIpc) is 2.65. The van der Waals surface area contributed by atoms with Crippen LogP contribution in [-0.4, -0.2) is 16.8 Å². The first-order valence-corrected chi connectivity index (χ1v) is 8.49. The molecule has 11 heteroatoms. The molecule has 0 fully saturated rings. The summed E-state index contributed by atoms with van der Waals surface area (Å²) >= 11 is 5.78. The number of non-ortho nitro benzene ring substituents is 1. The molecule has 2 aromatic rings. The van der Waals surface area contributed by atoms with Gasteiger partial charge in [-0.2, -0.15) is 13.2 Å². The van der Waals surface area contributed by atoms with Gasteiger partial charge in [0.05, 0.1) is 27.6 Å². The molecular weight excluding hydrogens is 417 g/mol. The summed E-state index contributed by atoms with van der Waals surface area (Å²) in [4.78, 5) is 33.7. The van der Waals surface area contributed by atoms with Crippen molar-refractivity contribution < 1.29 is 32.4 Å². The van der Waals surface area contributed by atoms with Gasteiger partial charge in [-0.05, 0) is 23.8 Å². The summed E-state index contributed by atoms with van der Waals surface area (Å²) in [6.45, 7) is -0.221. The minimum atomic E-state index is -4.60. The number of nitro benzene ring substituents is 1. The van der Waals surface area contributed by atoms with Gasteiger partial charge >= 0.3 is 12.1 Å². The van der Waals surface area contributed by atoms with E-state index in [1.165, 1.54) is 24.3 Å². The van der Waals surface area contributed by atoms with E-state index in [4.69, 9.17) is 16.3 Å². The molecule has 1 amide bonds. The van der Waals surface area contributed by atoms with Crippen LogP contribution in [0.15, 0.2) is 42.5 Å². The van der Waals surface area contributed by atoms with E-state index in [-0.39, 0.29) is 35.8 Å². The van der Waals surface area contributed by atoms with Crippen molar-refractivity contribution in [1.82, 2.24) is 0 Å². The lowest BCUT2D eigenvalue weighted by Gasteiger charge is -2.11. The molecule has 0 aliphatic rings. The third-order valence-electron chi connectivity index (χ3n) is 3.65. The number of carbonyl (C=O) groups excluding carboxylic acids is 2. The summed E-state index contributed by atoms with van der Waals surface area (Å²) in [6, 6.07) is 7.98. The van der Waals surface area contributed by atoms with Crippen LogP contribution in [0, 0.1) is 10.1 Å². The van der Waals surface area contributed by atoms with Crippen molar-refractivity contribution in [3.05, 3.63) is 68.7 Å². The quantitative estimate of drug-likeness (QED) is 0.389. The van der Waals surface area contributed by atoms with Crippen molar-refractivity contribution >= 4 is 34.9 Å². The summed E-state index contributed by atoms with van der Waals surface area (Å²) in [5, 5.41) is 12.8. The number of nitrogens with one attached hydrogen (secondary N) is 1. The number of carbonyl (C=O) groups is 2. The molecule has 0 spiro atoms.